The van der Waals surface area contributed by atoms with E-state index in [1.54, 1.807) is 0 Å². The molecule has 0 radical (unpaired) electrons. The van der Waals surface area contributed by atoms with Crippen LogP contribution in [-0.2, 0) is 11.2 Å². The van der Waals surface area contributed by atoms with Crippen molar-refractivity contribution in [2.45, 2.75) is 26.2 Å². The summed E-state index contributed by atoms with van der Waals surface area (Å²) in [4.78, 5) is 24.0. The molecule has 0 bridgehead atoms. The number of nitrogen functional groups attached to an aromatic ring is 1. The number of ketones is 1. The zero-order valence-electron chi connectivity index (χ0n) is 16.1. The molecule has 0 aliphatic heterocycles. The lowest BCUT2D eigenvalue weighted by atomic mass is 9.92. The summed E-state index contributed by atoms with van der Waals surface area (Å²) in [6.45, 7) is 2.02. The molecule has 3 heteroatoms. The Kier molecular flexibility index (Phi) is 6.38. The smallest absolute Gasteiger partial charge is 0.163 e. The van der Waals surface area contributed by atoms with Gasteiger partial charge in [0, 0.05) is 23.6 Å². The Morgan fingerprint density at radius 3 is 2.36 bits per heavy atom. The van der Waals surface area contributed by atoms with E-state index in [-0.39, 0.29) is 18.1 Å². The molecule has 0 aliphatic carbocycles. The van der Waals surface area contributed by atoms with Crippen LogP contribution in [-0.4, -0.2) is 12.1 Å². The molecule has 1 unspecified atom stereocenters. The van der Waals surface area contributed by atoms with Crippen molar-refractivity contribution in [3.8, 4) is 11.1 Å². The van der Waals surface area contributed by atoms with Gasteiger partial charge in [-0.05, 0) is 54.2 Å². The number of nitrogens with two attached hydrogens (primary N) is 1. The van der Waals surface area contributed by atoms with Gasteiger partial charge in [0.25, 0.3) is 0 Å². The molecule has 3 nitrogen and oxygen atoms in total. The second-order valence-electron chi connectivity index (χ2n) is 7.20. The van der Waals surface area contributed by atoms with Crippen LogP contribution in [0.5, 0.6) is 0 Å². The quantitative estimate of drug-likeness (QED) is 0.333. The Morgan fingerprint density at radius 1 is 1.00 bits per heavy atom. The average Bonchev–Trinajstić information content (AvgIpc) is 2.72. The van der Waals surface area contributed by atoms with Gasteiger partial charge < -0.3 is 10.5 Å². The van der Waals surface area contributed by atoms with Crippen molar-refractivity contribution in [2.75, 3.05) is 5.73 Å². The Labute approximate surface area is 166 Å². The van der Waals surface area contributed by atoms with Gasteiger partial charge >= 0.3 is 0 Å². The maximum Gasteiger partial charge on any atom is 0.163 e. The third kappa shape index (κ3) is 4.95. The van der Waals surface area contributed by atoms with E-state index in [4.69, 9.17) is 5.73 Å². The van der Waals surface area contributed by atoms with Crippen molar-refractivity contribution in [2.24, 2.45) is 5.92 Å². The number of carbonyl (C=O) groups is 2. The van der Waals surface area contributed by atoms with Crippen molar-refractivity contribution in [3.05, 3.63) is 89.5 Å². The molecule has 0 fully saturated rings. The second-order valence-corrected chi connectivity index (χ2v) is 7.20. The molecule has 0 saturated carbocycles. The molecule has 3 aromatic carbocycles. The highest BCUT2D eigenvalue weighted by molar-refractivity contribution is 5.97. The van der Waals surface area contributed by atoms with Gasteiger partial charge in [-0.25, -0.2) is 0 Å². The number of benzene rings is 3. The number of carbonyl (C=O) groups excluding carboxylic acids is 2. The molecule has 1 atom stereocenters. The number of aldehydes is 1. The number of hydrogen-bond acceptors (Lipinski definition) is 3. The number of hydrogen-bond donors (Lipinski definition) is 1. The zero-order chi connectivity index (χ0) is 19.9. The van der Waals surface area contributed by atoms with Crippen LogP contribution in [0.1, 0.15) is 34.3 Å². The van der Waals surface area contributed by atoms with Crippen LogP contribution >= 0.6 is 0 Å². The van der Waals surface area contributed by atoms with E-state index in [2.05, 4.69) is 0 Å². The van der Waals surface area contributed by atoms with Gasteiger partial charge in [0.1, 0.15) is 6.29 Å². The summed E-state index contributed by atoms with van der Waals surface area (Å²) in [5.74, 6) is -0.252. The van der Waals surface area contributed by atoms with E-state index in [0.717, 1.165) is 35.1 Å². The number of rotatable bonds is 8. The number of anilines is 1. The van der Waals surface area contributed by atoms with Gasteiger partial charge in [0.2, 0.25) is 0 Å². The molecule has 0 saturated heterocycles. The lowest BCUT2D eigenvalue weighted by molar-refractivity contribution is -0.111. The Balaban J connectivity index is 1.64. The van der Waals surface area contributed by atoms with E-state index in [9.17, 15) is 9.59 Å². The summed E-state index contributed by atoms with van der Waals surface area (Å²) < 4.78 is 0. The van der Waals surface area contributed by atoms with Crippen LogP contribution in [0, 0.1) is 12.8 Å². The van der Waals surface area contributed by atoms with Crippen LogP contribution < -0.4 is 5.73 Å². The minimum Gasteiger partial charge on any atom is -0.399 e. The Bertz CT molecular complexity index is 946. The van der Waals surface area contributed by atoms with Crippen LogP contribution in [0.3, 0.4) is 0 Å². The first-order valence-electron chi connectivity index (χ1n) is 9.56. The highest BCUT2D eigenvalue weighted by Gasteiger charge is 2.15. The number of aryl methyl sites for hydroxylation is 2. The van der Waals surface area contributed by atoms with Gasteiger partial charge in [0.15, 0.2) is 5.78 Å². The van der Waals surface area contributed by atoms with E-state index in [0.29, 0.717) is 12.0 Å². The fraction of sp³-hybridized carbons (Fsp3) is 0.200. The molecule has 0 heterocycles. The van der Waals surface area contributed by atoms with E-state index >= 15 is 0 Å². The fourth-order valence-corrected chi connectivity index (χ4v) is 3.42. The first kappa shape index (κ1) is 19.6. The standard InChI is InChI=1S/C25H25NO2/c1-18-15-23(26)13-14-24(18)21-9-11-22(12-10-21)25(28)16-20(17-27)8-7-19-5-3-2-4-6-19/h2-6,9-15,17,20H,7-8,16,26H2,1H3. The summed E-state index contributed by atoms with van der Waals surface area (Å²) in [7, 11) is 0. The highest BCUT2D eigenvalue weighted by Crippen LogP contribution is 2.26. The summed E-state index contributed by atoms with van der Waals surface area (Å²) in [6.07, 6.45) is 2.64. The van der Waals surface area contributed by atoms with E-state index < -0.39 is 0 Å². The molecule has 2 N–H and O–H groups in total. The molecule has 0 amide bonds. The minimum atomic E-state index is -0.258. The lowest BCUT2D eigenvalue weighted by Gasteiger charge is -2.11. The van der Waals surface area contributed by atoms with E-state index in [1.165, 1.54) is 5.56 Å². The van der Waals surface area contributed by atoms with Crippen molar-refractivity contribution in [1.82, 2.24) is 0 Å². The van der Waals surface area contributed by atoms with Gasteiger partial charge in [-0.3, -0.25) is 4.79 Å². The average molecular weight is 371 g/mol. The summed E-state index contributed by atoms with van der Waals surface area (Å²) >= 11 is 0. The summed E-state index contributed by atoms with van der Waals surface area (Å²) in [6, 6.07) is 23.4. The topological polar surface area (TPSA) is 60.2 Å². The minimum absolute atomic E-state index is 0.00531. The van der Waals surface area contributed by atoms with Gasteiger partial charge in [-0.15, -0.1) is 0 Å². The monoisotopic (exact) mass is 371 g/mol. The summed E-state index contributed by atoms with van der Waals surface area (Å²) in [5.41, 5.74) is 11.6. The van der Waals surface area contributed by atoms with Crippen molar-refractivity contribution < 1.29 is 9.59 Å². The molecule has 28 heavy (non-hydrogen) atoms. The zero-order valence-corrected chi connectivity index (χ0v) is 16.1. The molecule has 3 aromatic rings. The molecule has 0 aliphatic rings. The lowest BCUT2D eigenvalue weighted by Crippen LogP contribution is -2.11. The molecular formula is C25H25NO2. The van der Waals surface area contributed by atoms with Gasteiger partial charge in [-0.2, -0.15) is 0 Å². The largest absolute Gasteiger partial charge is 0.399 e. The normalized spacial score (nSPS) is 11.8. The maximum atomic E-state index is 12.6. The van der Waals surface area contributed by atoms with Crippen LogP contribution in [0.2, 0.25) is 0 Å². The van der Waals surface area contributed by atoms with Gasteiger partial charge in [0.05, 0.1) is 0 Å². The molecule has 0 aromatic heterocycles. The predicted octanol–water partition coefficient (Wildman–Crippen LogP) is 5.26. The SMILES string of the molecule is Cc1cc(N)ccc1-c1ccc(C(=O)CC(C=O)CCc2ccccc2)cc1. The second kappa shape index (κ2) is 9.14. The van der Waals surface area contributed by atoms with Crippen LogP contribution in [0.4, 0.5) is 5.69 Å². The van der Waals surface area contributed by atoms with E-state index in [1.807, 2.05) is 79.7 Å². The van der Waals surface area contributed by atoms with Gasteiger partial charge in [-0.1, -0.05) is 60.7 Å². The fourth-order valence-electron chi connectivity index (χ4n) is 3.42. The maximum absolute atomic E-state index is 12.6. The highest BCUT2D eigenvalue weighted by atomic mass is 16.1. The Morgan fingerprint density at radius 2 is 1.71 bits per heavy atom. The first-order valence-corrected chi connectivity index (χ1v) is 9.56. The third-order valence-electron chi connectivity index (χ3n) is 5.06. The molecule has 142 valence electrons. The van der Waals surface area contributed by atoms with Crippen molar-refractivity contribution in [3.63, 3.8) is 0 Å². The predicted molar refractivity (Wildman–Crippen MR) is 114 cm³/mol. The Hall–Kier alpha value is -3.20. The molecule has 3 rings (SSSR count). The molecule has 0 spiro atoms. The van der Waals surface area contributed by atoms with Crippen molar-refractivity contribution >= 4 is 17.8 Å². The number of Topliss-reactive ketones (excluding diaryl/α,β-unsaturated/α-hetero) is 1. The van der Waals surface area contributed by atoms with Crippen LogP contribution in [0.15, 0.2) is 72.8 Å². The van der Waals surface area contributed by atoms with Crippen LogP contribution in [0.25, 0.3) is 11.1 Å². The van der Waals surface area contributed by atoms with Crippen molar-refractivity contribution in [1.29, 1.82) is 0 Å². The summed E-state index contributed by atoms with van der Waals surface area (Å²) in [5, 5.41) is 0. The first-order chi connectivity index (χ1) is 13.6. The third-order valence-corrected chi connectivity index (χ3v) is 5.06. The molecular weight excluding hydrogens is 346 g/mol.